The summed E-state index contributed by atoms with van der Waals surface area (Å²) >= 11 is 19.2. The van der Waals surface area contributed by atoms with Gasteiger partial charge in [0.15, 0.2) is 5.44 Å². The maximum Gasteiger partial charge on any atom is 0.341 e. The molecular weight excluding hydrogens is 409 g/mol. The van der Waals surface area contributed by atoms with Crippen LogP contribution in [0.4, 0.5) is 0 Å². The summed E-state index contributed by atoms with van der Waals surface area (Å²) in [5.74, 6) is -0.518. The van der Waals surface area contributed by atoms with Crippen molar-refractivity contribution in [1.29, 1.82) is 0 Å². The summed E-state index contributed by atoms with van der Waals surface area (Å²) in [6.07, 6.45) is 0. The first kappa shape index (κ1) is 21.0. The van der Waals surface area contributed by atoms with Gasteiger partial charge in [0.2, 0.25) is 0 Å². The molecule has 1 atom stereocenters. The summed E-state index contributed by atoms with van der Waals surface area (Å²) in [6, 6.07) is 14.0. The topological polar surface area (TPSA) is 29.5 Å². The van der Waals surface area contributed by atoms with Gasteiger partial charge in [-0.2, -0.15) is 0 Å². The van der Waals surface area contributed by atoms with Gasteiger partial charge in [0, 0.05) is 23.7 Å². The summed E-state index contributed by atoms with van der Waals surface area (Å²) in [4.78, 5) is 14.7. The summed E-state index contributed by atoms with van der Waals surface area (Å²) in [5, 5.41) is 0.853. The molecule has 2 rings (SSSR count). The summed E-state index contributed by atoms with van der Waals surface area (Å²) < 4.78 is 6.38. The average molecular weight is 428 g/mol. The van der Waals surface area contributed by atoms with Crippen LogP contribution >= 0.6 is 47.2 Å². The number of halogens is 2. The highest BCUT2D eigenvalue weighted by Gasteiger charge is 2.25. The van der Waals surface area contributed by atoms with E-state index in [1.54, 1.807) is 30.3 Å². The number of benzene rings is 2. The van der Waals surface area contributed by atoms with Gasteiger partial charge < -0.3 is 9.64 Å². The van der Waals surface area contributed by atoms with Crippen LogP contribution in [-0.4, -0.2) is 28.3 Å². The summed E-state index contributed by atoms with van der Waals surface area (Å²) in [7, 11) is 0. The molecule has 138 valence electrons. The zero-order valence-electron chi connectivity index (χ0n) is 14.4. The van der Waals surface area contributed by atoms with Crippen LogP contribution in [0.2, 0.25) is 10.0 Å². The second-order valence-corrected chi connectivity index (χ2v) is 7.80. The van der Waals surface area contributed by atoms with Crippen molar-refractivity contribution in [2.45, 2.75) is 19.3 Å². The molecule has 0 aliphatic carbocycles. The van der Waals surface area contributed by atoms with Gasteiger partial charge in [0.05, 0.1) is 10.6 Å². The molecule has 0 saturated heterocycles. The smallest absolute Gasteiger partial charge is 0.341 e. The Balaban J connectivity index is 2.29. The van der Waals surface area contributed by atoms with Gasteiger partial charge in [-0.25, -0.2) is 4.79 Å². The zero-order chi connectivity index (χ0) is 19.1. The van der Waals surface area contributed by atoms with Gasteiger partial charge in [-0.1, -0.05) is 65.8 Å². The Hall–Kier alpha value is -1.27. The van der Waals surface area contributed by atoms with Crippen molar-refractivity contribution in [2.75, 3.05) is 13.1 Å². The van der Waals surface area contributed by atoms with Gasteiger partial charge in [-0.15, -0.1) is 0 Å². The third-order valence-corrected chi connectivity index (χ3v) is 5.94. The second-order valence-electron chi connectivity index (χ2n) is 5.29. The van der Waals surface area contributed by atoms with Crippen LogP contribution in [0, 0.1) is 0 Å². The van der Waals surface area contributed by atoms with Gasteiger partial charge in [-0.05, 0) is 43.8 Å². The maximum absolute atomic E-state index is 12.6. The van der Waals surface area contributed by atoms with Crippen molar-refractivity contribution in [2.24, 2.45) is 0 Å². The number of carbonyl (C=O) groups is 1. The van der Waals surface area contributed by atoms with Crippen LogP contribution in [0.25, 0.3) is 0 Å². The number of esters is 1. The van der Waals surface area contributed by atoms with Crippen LogP contribution < -0.4 is 0 Å². The fourth-order valence-electron chi connectivity index (χ4n) is 2.25. The maximum atomic E-state index is 12.6. The largest absolute Gasteiger partial charge is 0.442 e. The Labute approximate surface area is 173 Å². The molecule has 3 nitrogen and oxygen atoms in total. The summed E-state index contributed by atoms with van der Waals surface area (Å²) in [6.45, 7) is 5.60. The number of rotatable bonds is 6. The molecule has 0 heterocycles. The molecule has 0 saturated carbocycles. The molecule has 1 unspecified atom stereocenters. The first-order valence-electron chi connectivity index (χ1n) is 8.13. The molecule has 0 amide bonds. The third-order valence-electron chi connectivity index (χ3n) is 3.70. The molecular formula is C19H19Cl2NO2S2. The monoisotopic (exact) mass is 427 g/mol. The standard InChI is InChI=1S/C19H19Cl2NO2S2/c1-3-22(4-2)19(25)26-18(14-10-6-8-12-16(14)21)24-17(23)13-9-5-7-11-15(13)20/h5-12,18H,3-4H2,1-2H3. The molecule has 0 N–H and O–H groups in total. The number of hydrogen-bond acceptors (Lipinski definition) is 4. The average Bonchev–Trinajstić information content (AvgIpc) is 2.63. The Morgan fingerprint density at radius 1 is 1.08 bits per heavy atom. The lowest BCUT2D eigenvalue weighted by Crippen LogP contribution is -2.28. The molecule has 0 aliphatic rings. The fraction of sp³-hybridized carbons (Fsp3) is 0.263. The highest BCUT2D eigenvalue weighted by molar-refractivity contribution is 8.22. The lowest BCUT2D eigenvalue weighted by molar-refractivity contribution is 0.0459. The normalized spacial score (nSPS) is 11.7. The van der Waals surface area contributed by atoms with E-state index in [9.17, 15) is 4.79 Å². The lowest BCUT2D eigenvalue weighted by Gasteiger charge is -2.25. The third kappa shape index (κ3) is 5.36. The Bertz CT molecular complexity index is 782. The molecule has 26 heavy (non-hydrogen) atoms. The quantitative estimate of drug-likeness (QED) is 0.310. The Morgan fingerprint density at radius 2 is 1.65 bits per heavy atom. The molecule has 0 bridgehead atoms. The molecule has 0 spiro atoms. The number of thiocarbonyl (C=S) groups is 1. The number of ether oxygens (including phenoxy) is 1. The zero-order valence-corrected chi connectivity index (χ0v) is 17.6. The van der Waals surface area contributed by atoms with E-state index in [1.807, 2.05) is 36.9 Å². The van der Waals surface area contributed by atoms with E-state index in [-0.39, 0.29) is 0 Å². The van der Waals surface area contributed by atoms with Crippen molar-refractivity contribution >= 4 is 57.5 Å². The van der Waals surface area contributed by atoms with Gasteiger partial charge in [-0.3, -0.25) is 0 Å². The van der Waals surface area contributed by atoms with E-state index in [0.717, 1.165) is 13.1 Å². The number of carbonyl (C=O) groups excluding carboxylic acids is 1. The van der Waals surface area contributed by atoms with Gasteiger partial charge in [0.25, 0.3) is 0 Å². The number of hydrogen-bond donors (Lipinski definition) is 0. The van der Waals surface area contributed by atoms with E-state index in [4.69, 9.17) is 40.2 Å². The van der Waals surface area contributed by atoms with Crippen molar-refractivity contribution in [3.8, 4) is 0 Å². The first-order chi connectivity index (χ1) is 12.5. The first-order valence-corrected chi connectivity index (χ1v) is 10.2. The van der Waals surface area contributed by atoms with Crippen LogP contribution in [-0.2, 0) is 4.74 Å². The fourth-order valence-corrected chi connectivity index (χ4v) is 4.34. The van der Waals surface area contributed by atoms with Crippen LogP contribution in [0.15, 0.2) is 48.5 Å². The van der Waals surface area contributed by atoms with Crippen LogP contribution in [0.5, 0.6) is 0 Å². The predicted molar refractivity (Wildman–Crippen MR) is 114 cm³/mol. The molecule has 0 aromatic heterocycles. The summed E-state index contributed by atoms with van der Waals surface area (Å²) in [5.41, 5.74) is 0.329. The van der Waals surface area contributed by atoms with Crippen molar-refractivity contribution in [1.82, 2.24) is 4.90 Å². The molecule has 0 radical (unpaired) electrons. The SMILES string of the molecule is CCN(CC)C(=S)SC(OC(=O)c1ccccc1Cl)c1ccccc1Cl. The van der Waals surface area contributed by atoms with E-state index < -0.39 is 11.4 Å². The predicted octanol–water partition coefficient (Wildman–Crippen LogP) is 6.21. The van der Waals surface area contributed by atoms with E-state index in [0.29, 0.717) is 25.5 Å². The van der Waals surface area contributed by atoms with E-state index in [1.165, 1.54) is 11.8 Å². The van der Waals surface area contributed by atoms with Crippen molar-refractivity contribution in [3.05, 3.63) is 69.7 Å². The number of nitrogens with zero attached hydrogens (tertiary/aromatic N) is 1. The molecule has 7 heteroatoms. The highest BCUT2D eigenvalue weighted by Crippen LogP contribution is 2.37. The van der Waals surface area contributed by atoms with E-state index >= 15 is 0 Å². The van der Waals surface area contributed by atoms with Gasteiger partial charge >= 0.3 is 5.97 Å². The van der Waals surface area contributed by atoms with Crippen molar-refractivity contribution in [3.63, 3.8) is 0 Å². The molecule has 2 aromatic rings. The van der Waals surface area contributed by atoms with Gasteiger partial charge in [0.1, 0.15) is 4.32 Å². The Kier molecular flexibility index (Phi) is 8.22. The van der Waals surface area contributed by atoms with Crippen LogP contribution in [0.3, 0.4) is 0 Å². The molecule has 0 fully saturated rings. The minimum absolute atomic E-state index is 0.306. The second kappa shape index (κ2) is 10.2. The van der Waals surface area contributed by atoms with Crippen LogP contribution in [0.1, 0.15) is 35.2 Å². The molecule has 2 aromatic carbocycles. The minimum Gasteiger partial charge on any atom is -0.442 e. The lowest BCUT2D eigenvalue weighted by atomic mass is 10.2. The Morgan fingerprint density at radius 3 is 2.23 bits per heavy atom. The van der Waals surface area contributed by atoms with E-state index in [2.05, 4.69) is 0 Å². The number of thioether (sulfide) groups is 1. The molecule has 0 aliphatic heterocycles. The highest BCUT2D eigenvalue weighted by atomic mass is 35.5. The van der Waals surface area contributed by atoms with Crippen molar-refractivity contribution < 1.29 is 9.53 Å². The minimum atomic E-state index is -0.666.